The van der Waals surface area contributed by atoms with Gasteiger partial charge in [-0.05, 0) is 35.9 Å². The van der Waals surface area contributed by atoms with E-state index in [-0.39, 0.29) is 0 Å². The maximum absolute atomic E-state index is 9.44. The molecule has 46 heavy (non-hydrogen) atoms. The van der Waals surface area contributed by atoms with Gasteiger partial charge in [0.2, 0.25) is 11.9 Å². The summed E-state index contributed by atoms with van der Waals surface area (Å²) in [6.07, 6.45) is 0. The van der Waals surface area contributed by atoms with Crippen LogP contribution in [0.1, 0.15) is 5.56 Å². The normalized spacial score (nSPS) is 11.5. The molecule has 0 amide bonds. The summed E-state index contributed by atoms with van der Waals surface area (Å²) in [5.41, 5.74) is 7.61. The molecule has 214 valence electrons. The fourth-order valence-corrected chi connectivity index (χ4v) is 6.59. The first-order valence-corrected chi connectivity index (χ1v) is 15.1. The molecule has 0 aliphatic rings. The van der Waals surface area contributed by atoms with Gasteiger partial charge in [0.05, 0.1) is 33.7 Å². The third-order valence-corrected chi connectivity index (χ3v) is 8.64. The number of hydrogen-bond donors (Lipinski definition) is 0. The molecular weight excluding hydrogens is 564 g/mol. The van der Waals surface area contributed by atoms with Gasteiger partial charge in [-0.15, -0.1) is 0 Å². The average molecular weight is 589 g/mol. The van der Waals surface area contributed by atoms with Crippen molar-refractivity contribution in [3.63, 3.8) is 0 Å². The van der Waals surface area contributed by atoms with Crippen LogP contribution in [-0.2, 0) is 0 Å². The van der Waals surface area contributed by atoms with Crippen LogP contribution in [0.5, 0.6) is 0 Å². The number of rotatable bonds is 4. The number of fused-ring (bicyclic) bond motifs is 6. The predicted octanol–water partition coefficient (Wildman–Crippen LogP) is 9.27. The van der Waals surface area contributed by atoms with Crippen LogP contribution in [0.4, 0.5) is 0 Å². The molecule has 9 aromatic rings. The van der Waals surface area contributed by atoms with E-state index < -0.39 is 0 Å². The first-order valence-electron chi connectivity index (χ1n) is 15.1. The Morgan fingerprint density at radius 3 is 1.59 bits per heavy atom. The minimum Gasteiger partial charge on any atom is -0.278 e. The van der Waals surface area contributed by atoms with E-state index >= 15 is 0 Å². The highest BCUT2D eigenvalue weighted by molar-refractivity contribution is 6.13. The van der Waals surface area contributed by atoms with Crippen LogP contribution in [0.25, 0.3) is 78.0 Å². The quantitative estimate of drug-likeness (QED) is 0.205. The zero-order valence-electron chi connectivity index (χ0n) is 24.5. The summed E-state index contributed by atoms with van der Waals surface area (Å²) in [4.78, 5) is 15.5. The fourth-order valence-electron chi connectivity index (χ4n) is 6.59. The molecule has 9 rings (SSSR count). The van der Waals surface area contributed by atoms with E-state index in [0.29, 0.717) is 23.3 Å². The number of benzene rings is 6. The van der Waals surface area contributed by atoms with Crippen LogP contribution in [0.15, 0.2) is 146 Å². The Bertz CT molecular complexity index is 2590. The highest BCUT2D eigenvalue weighted by Crippen LogP contribution is 2.38. The highest BCUT2D eigenvalue weighted by atomic mass is 15.3. The maximum Gasteiger partial charge on any atom is 0.240 e. The first-order chi connectivity index (χ1) is 22.8. The molecule has 6 heteroatoms. The van der Waals surface area contributed by atoms with Gasteiger partial charge in [-0.25, -0.2) is 0 Å². The van der Waals surface area contributed by atoms with Crippen LogP contribution < -0.4 is 0 Å². The Morgan fingerprint density at radius 1 is 0.435 bits per heavy atom. The topological polar surface area (TPSA) is 72.3 Å². The van der Waals surface area contributed by atoms with Crippen molar-refractivity contribution in [3.8, 4) is 40.5 Å². The second kappa shape index (κ2) is 10.3. The molecule has 3 heterocycles. The first kappa shape index (κ1) is 25.9. The van der Waals surface area contributed by atoms with Crippen LogP contribution in [0.2, 0.25) is 0 Å². The zero-order valence-corrected chi connectivity index (χ0v) is 24.5. The van der Waals surface area contributed by atoms with E-state index in [0.717, 1.165) is 60.3 Å². The van der Waals surface area contributed by atoms with E-state index in [4.69, 9.17) is 15.0 Å². The molecule has 0 fully saturated rings. The summed E-state index contributed by atoms with van der Waals surface area (Å²) in [6, 6.07) is 51.5. The van der Waals surface area contributed by atoms with Gasteiger partial charge in [-0.3, -0.25) is 9.13 Å². The molecule has 0 N–H and O–H groups in total. The van der Waals surface area contributed by atoms with E-state index in [1.807, 2.05) is 60.7 Å². The lowest BCUT2D eigenvalue weighted by Gasteiger charge is -2.14. The van der Waals surface area contributed by atoms with Crippen molar-refractivity contribution in [1.82, 2.24) is 24.1 Å². The molecule has 0 aliphatic heterocycles. The molecular formula is C40H24N6. The minimum absolute atomic E-state index is 0.526. The van der Waals surface area contributed by atoms with Crippen molar-refractivity contribution in [2.45, 2.75) is 0 Å². The minimum atomic E-state index is 0.526. The summed E-state index contributed by atoms with van der Waals surface area (Å²) in [7, 11) is 0. The number of hydrogen-bond acceptors (Lipinski definition) is 4. The second-order valence-electron chi connectivity index (χ2n) is 11.2. The van der Waals surface area contributed by atoms with Crippen LogP contribution >= 0.6 is 0 Å². The molecule has 0 saturated heterocycles. The molecule has 0 bridgehead atoms. The largest absolute Gasteiger partial charge is 0.278 e. The van der Waals surface area contributed by atoms with Gasteiger partial charge < -0.3 is 0 Å². The standard InChI is InChI=1S/C40H24N6/c41-25-26-21-23-27(24-22-26)29-16-10-17-33-32-15-6-9-20-36(32)46(37(29)33)40-43-38(28-11-2-1-3-12-28)42-39(44-40)45-34-18-7-4-13-30(34)31-14-5-8-19-35(31)45/h1-24H. The summed E-state index contributed by atoms with van der Waals surface area (Å²) >= 11 is 0. The Labute approximate surface area is 264 Å². The van der Waals surface area contributed by atoms with Crippen LogP contribution in [-0.4, -0.2) is 24.1 Å². The van der Waals surface area contributed by atoms with Crippen molar-refractivity contribution in [2.24, 2.45) is 0 Å². The van der Waals surface area contributed by atoms with Gasteiger partial charge in [0, 0.05) is 32.7 Å². The van der Waals surface area contributed by atoms with E-state index in [1.54, 1.807) is 0 Å². The Morgan fingerprint density at radius 2 is 0.957 bits per heavy atom. The van der Waals surface area contributed by atoms with E-state index in [1.165, 1.54) is 0 Å². The summed E-state index contributed by atoms with van der Waals surface area (Å²) in [5, 5.41) is 13.9. The molecule has 0 unspecified atom stereocenters. The van der Waals surface area contributed by atoms with Gasteiger partial charge in [0.25, 0.3) is 0 Å². The van der Waals surface area contributed by atoms with Crippen molar-refractivity contribution in [2.75, 3.05) is 0 Å². The molecule has 0 radical (unpaired) electrons. The van der Waals surface area contributed by atoms with Crippen molar-refractivity contribution in [3.05, 3.63) is 151 Å². The monoisotopic (exact) mass is 588 g/mol. The Balaban J connectivity index is 1.41. The van der Waals surface area contributed by atoms with Gasteiger partial charge in [-0.2, -0.15) is 20.2 Å². The summed E-state index contributed by atoms with van der Waals surface area (Å²) in [6.45, 7) is 0. The predicted molar refractivity (Wildman–Crippen MR) is 184 cm³/mol. The number of aromatic nitrogens is 5. The molecule has 0 saturated carbocycles. The molecule has 3 aromatic heterocycles. The number of para-hydroxylation sites is 4. The number of nitriles is 1. The van der Waals surface area contributed by atoms with Gasteiger partial charge in [0.15, 0.2) is 5.82 Å². The van der Waals surface area contributed by atoms with E-state index in [2.05, 4.69) is 100 Å². The van der Waals surface area contributed by atoms with Crippen LogP contribution in [0, 0.1) is 11.3 Å². The van der Waals surface area contributed by atoms with Gasteiger partial charge >= 0.3 is 0 Å². The van der Waals surface area contributed by atoms with Crippen molar-refractivity contribution >= 4 is 43.6 Å². The molecule has 6 nitrogen and oxygen atoms in total. The molecule has 6 aromatic carbocycles. The Hall–Kier alpha value is -6.58. The maximum atomic E-state index is 9.44. The lowest BCUT2D eigenvalue weighted by atomic mass is 10.0. The zero-order chi connectivity index (χ0) is 30.6. The Kier molecular flexibility index (Phi) is 5.77. The lowest BCUT2D eigenvalue weighted by molar-refractivity contribution is 0.893. The van der Waals surface area contributed by atoms with Gasteiger partial charge in [-0.1, -0.05) is 115 Å². The third kappa shape index (κ3) is 3.93. The average Bonchev–Trinajstić information content (AvgIpc) is 3.65. The summed E-state index contributed by atoms with van der Waals surface area (Å²) in [5.74, 6) is 1.66. The van der Waals surface area contributed by atoms with Crippen molar-refractivity contribution in [1.29, 1.82) is 5.26 Å². The third-order valence-electron chi connectivity index (χ3n) is 8.64. The lowest BCUT2D eigenvalue weighted by Crippen LogP contribution is -2.10. The highest BCUT2D eigenvalue weighted by Gasteiger charge is 2.22. The molecule has 0 aliphatic carbocycles. The smallest absolute Gasteiger partial charge is 0.240 e. The fraction of sp³-hybridized carbons (Fsp3) is 0. The number of nitrogens with zero attached hydrogens (tertiary/aromatic N) is 6. The van der Waals surface area contributed by atoms with Crippen molar-refractivity contribution < 1.29 is 0 Å². The van der Waals surface area contributed by atoms with Gasteiger partial charge in [0.1, 0.15) is 0 Å². The second-order valence-corrected chi connectivity index (χ2v) is 11.2. The molecule has 0 spiro atoms. The van der Waals surface area contributed by atoms with Crippen LogP contribution in [0.3, 0.4) is 0 Å². The SMILES string of the molecule is N#Cc1ccc(-c2cccc3c4ccccc4n(-c4nc(-c5ccccc5)nc(-n5c6ccccc6c6ccccc65)n4)c23)cc1. The summed E-state index contributed by atoms with van der Waals surface area (Å²) < 4.78 is 4.29. The molecule has 0 atom stereocenters. The van der Waals surface area contributed by atoms with E-state index in [9.17, 15) is 5.26 Å².